The Morgan fingerprint density at radius 3 is 2.28 bits per heavy atom. The maximum atomic E-state index is 9.20. The van der Waals surface area contributed by atoms with Gasteiger partial charge in [0, 0.05) is 6.54 Å². The molecule has 0 spiro atoms. The minimum absolute atomic E-state index is 0.260. The van der Waals surface area contributed by atoms with Crippen LogP contribution < -0.4 is 21.9 Å². The summed E-state index contributed by atoms with van der Waals surface area (Å²) in [6.07, 6.45) is 0. The Kier molecular flexibility index (Phi) is 4.14. The molecular formula is C13H16N4O. The van der Waals surface area contributed by atoms with Gasteiger partial charge in [0.1, 0.15) is 5.75 Å². The van der Waals surface area contributed by atoms with Gasteiger partial charge in [0.25, 0.3) is 0 Å². The van der Waals surface area contributed by atoms with Crippen molar-refractivity contribution in [1.29, 1.82) is 0 Å². The maximum absolute atomic E-state index is 9.20. The first-order valence-electron chi connectivity index (χ1n) is 5.62. The van der Waals surface area contributed by atoms with Gasteiger partial charge in [0.2, 0.25) is 0 Å². The highest BCUT2D eigenvalue weighted by atomic mass is 16.3. The number of hydrazine groups is 3. The third-order valence-corrected chi connectivity index (χ3v) is 2.52. The van der Waals surface area contributed by atoms with Crippen LogP contribution in [0.1, 0.15) is 5.56 Å². The number of benzene rings is 2. The molecule has 0 aromatic heterocycles. The van der Waals surface area contributed by atoms with Crippen LogP contribution >= 0.6 is 0 Å². The summed E-state index contributed by atoms with van der Waals surface area (Å²) < 4.78 is 0. The minimum atomic E-state index is 0.260. The summed E-state index contributed by atoms with van der Waals surface area (Å²) in [6, 6.07) is 16.7. The van der Waals surface area contributed by atoms with Gasteiger partial charge in [-0.05, 0) is 29.8 Å². The molecule has 2 aromatic carbocycles. The van der Waals surface area contributed by atoms with Crippen LogP contribution in [0.25, 0.3) is 0 Å². The third kappa shape index (κ3) is 3.21. The van der Waals surface area contributed by atoms with Gasteiger partial charge < -0.3 is 5.11 Å². The topological polar surface area (TPSA) is 73.5 Å². The van der Waals surface area contributed by atoms with Gasteiger partial charge in [-0.2, -0.15) is 5.53 Å². The zero-order chi connectivity index (χ0) is 12.8. The molecule has 0 saturated heterocycles. The first-order valence-corrected chi connectivity index (χ1v) is 5.62. The van der Waals surface area contributed by atoms with Crippen LogP contribution in [-0.2, 0) is 6.54 Å². The fourth-order valence-corrected chi connectivity index (χ4v) is 1.57. The van der Waals surface area contributed by atoms with E-state index in [1.54, 1.807) is 17.3 Å². The van der Waals surface area contributed by atoms with Crippen LogP contribution in [0, 0.1) is 0 Å². The van der Waals surface area contributed by atoms with E-state index < -0.39 is 0 Å². The van der Waals surface area contributed by atoms with E-state index in [4.69, 9.17) is 5.84 Å². The first kappa shape index (κ1) is 12.4. The monoisotopic (exact) mass is 244 g/mol. The van der Waals surface area contributed by atoms with Crippen LogP contribution in [0.5, 0.6) is 5.75 Å². The molecular weight excluding hydrogens is 228 g/mol. The Bertz CT molecular complexity index is 472. The Hall–Kier alpha value is -2.08. The van der Waals surface area contributed by atoms with Crippen LogP contribution in [0.3, 0.4) is 0 Å². The number of anilines is 1. The zero-order valence-corrected chi connectivity index (χ0v) is 9.88. The molecule has 0 radical (unpaired) electrons. The molecule has 0 bridgehead atoms. The molecule has 5 N–H and O–H groups in total. The van der Waals surface area contributed by atoms with E-state index in [0.717, 1.165) is 11.3 Å². The number of aromatic hydroxyl groups is 1. The molecule has 2 rings (SSSR count). The van der Waals surface area contributed by atoms with Crippen molar-refractivity contribution in [1.82, 2.24) is 11.0 Å². The molecule has 5 heteroatoms. The van der Waals surface area contributed by atoms with Crippen molar-refractivity contribution in [3.05, 3.63) is 60.2 Å². The molecule has 0 heterocycles. The van der Waals surface area contributed by atoms with E-state index in [9.17, 15) is 5.11 Å². The molecule has 5 nitrogen and oxygen atoms in total. The van der Waals surface area contributed by atoms with Gasteiger partial charge in [-0.25, -0.2) is 10.5 Å². The van der Waals surface area contributed by atoms with Crippen molar-refractivity contribution in [3.8, 4) is 5.75 Å². The van der Waals surface area contributed by atoms with E-state index in [-0.39, 0.29) is 5.75 Å². The van der Waals surface area contributed by atoms with Crippen molar-refractivity contribution in [2.45, 2.75) is 6.54 Å². The third-order valence-electron chi connectivity index (χ3n) is 2.52. The predicted molar refractivity (Wildman–Crippen MR) is 71.2 cm³/mol. The number of hydrogen-bond acceptors (Lipinski definition) is 5. The van der Waals surface area contributed by atoms with Gasteiger partial charge >= 0.3 is 0 Å². The van der Waals surface area contributed by atoms with Gasteiger partial charge in [-0.1, -0.05) is 30.3 Å². The maximum Gasteiger partial charge on any atom is 0.115 e. The lowest BCUT2D eigenvalue weighted by atomic mass is 10.2. The number of phenols is 1. The number of phenolic OH excluding ortho intramolecular Hbond substituents is 1. The average molecular weight is 244 g/mol. The number of nitrogens with two attached hydrogens (primary N) is 1. The lowest BCUT2D eigenvalue weighted by molar-refractivity contribution is 0.474. The highest BCUT2D eigenvalue weighted by Crippen LogP contribution is 2.11. The second kappa shape index (κ2) is 6.02. The van der Waals surface area contributed by atoms with Crippen molar-refractivity contribution in [2.75, 3.05) is 5.12 Å². The minimum Gasteiger partial charge on any atom is -0.508 e. The lowest BCUT2D eigenvalue weighted by Gasteiger charge is -2.23. The van der Waals surface area contributed by atoms with E-state index in [1.165, 1.54) is 0 Å². The summed E-state index contributed by atoms with van der Waals surface area (Å²) >= 11 is 0. The normalized spacial score (nSPS) is 10.3. The summed E-state index contributed by atoms with van der Waals surface area (Å²) in [6.45, 7) is 0.597. The summed E-state index contributed by atoms with van der Waals surface area (Å²) in [7, 11) is 0. The number of para-hydroxylation sites is 1. The number of rotatable bonds is 5. The van der Waals surface area contributed by atoms with E-state index in [0.29, 0.717) is 6.54 Å². The van der Waals surface area contributed by atoms with Crippen LogP contribution in [0.2, 0.25) is 0 Å². The number of nitrogens with zero attached hydrogens (tertiary/aromatic N) is 1. The van der Waals surface area contributed by atoms with Crippen molar-refractivity contribution >= 4 is 5.69 Å². The molecule has 0 aliphatic carbocycles. The van der Waals surface area contributed by atoms with Crippen molar-refractivity contribution in [3.63, 3.8) is 0 Å². The van der Waals surface area contributed by atoms with E-state index in [2.05, 4.69) is 11.0 Å². The summed E-state index contributed by atoms with van der Waals surface area (Å²) in [4.78, 5) is 0. The Morgan fingerprint density at radius 2 is 1.67 bits per heavy atom. The second-order valence-corrected chi connectivity index (χ2v) is 3.80. The molecule has 2 aromatic rings. The summed E-state index contributed by atoms with van der Waals surface area (Å²) in [5, 5.41) is 10.8. The fourth-order valence-electron chi connectivity index (χ4n) is 1.57. The molecule has 0 saturated carbocycles. The Balaban J connectivity index is 1.97. The van der Waals surface area contributed by atoms with Crippen LogP contribution in [-0.4, -0.2) is 5.11 Å². The standard InChI is InChI=1S/C13H16N4O/c14-16-17(12-4-2-1-3-5-12)15-10-11-6-8-13(18)9-7-11/h1-9,15-16,18H,10,14H2. The van der Waals surface area contributed by atoms with Gasteiger partial charge in [-0.3, -0.25) is 5.84 Å². The Morgan fingerprint density at radius 1 is 1.00 bits per heavy atom. The van der Waals surface area contributed by atoms with Gasteiger partial charge in [0.05, 0.1) is 5.69 Å². The summed E-state index contributed by atoms with van der Waals surface area (Å²) in [5.74, 6) is 5.73. The van der Waals surface area contributed by atoms with Gasteiger partial charge in [-0.15, -0.1) is 0 Å². The molecule has 0 amide bonds. The second-order valence-electron chi connectivity index (χ2n) is 3.80. The van der Waals surface area contributed by atoms with Crippen molar-refractivity contribution < 1.29 is 5.11 Å². The lowest BCUT2D eigenvalue weighted by Crippen LogP contribution is -2.51. The number of nitrogens with one attached hydrogen (secondary N) is 2. The zero-order valence-electron chi connectivity index (χ0n) is 9.88. The van der Waals surface area contributed by atoms with Gasteiger partial charge in [0.15, 0.2) is 0 Å². The number of hydrogen-bond donors (Lipinski definition) is 4. The predicted octanol–water partition coefficient (Wildman–Crippen LogP) is 1.28. The van der Waals surface area contributed by atoms with Crippen LogP contribution in [0.4, 0.5) is 5.69 Å². The summed E-state index contributed by atoms with van der Waals surface area (Å²) in [5.41, 5.74) is 7.67. The quantitative estimate of drug-likeness (QED) is 0.471. The largest absolute Gasteiger partial charge is 0.508 e. The average Bonchev–Trinajstić information content (AvgIpc) is 2.43. The molecule has 0 aliphatic rings. The fraction of sp³-hybridized carbons (Fsp3) is 0.0769. The molecule has 18 heavy (non-hydrogen) atoms. The Labute approximate surface area is 106 Å². The highest BCUT2D eigenvalue weighted by Gasteiger charge is 2.02. The molecule has 94 valence electrons. The highest BCUT2D eigenvalue weighted by molar-refractivity contribution is 5.43. The smallest absolute Gasteiger partial charge is 0.115 e. The SMILES string of the molecule is NNN(NCc1ccc(O)cc1)c1ccccc1. The van der Waals surface area contributed by atoms with E-state index in [1.807, 2.05) is 42.5 Å². The molecule has 0 aliphatic heterocycles. The molecule has 0 unspecified atom stereocenters. The molecule has 0 atom stereocenters. The van der Waals surface area contributed by atoms with Crippen LogP contribution in [0.15, 0.2) is 54.6 Å². The first-order chi connectivity index (χ1) is 8.79. The molecule has 0 fully saturated rings. The van der Waals surface area contributed by atoms with Crippen molar-refractivity contribution in [2.24, 2.45) is 5.84 Å². The van der Waals surface area contributed by atoms with E-state index >= 15 is 0 Å².